The monoisotopic (exact) mass is 261 g/mol. The Morgan fingerprint density at radius 1 is 1.53 bits per heavy atom. The molecule has 0 radical (unpaired) electrons. The second kappa shape index (κ2) is 5.83. The number of ether oxygens (including phenoxy) is 1. The lowest BCUT2D eigenvalue weighted by atomic mass is 10.3. The molecule has 7 heteroatoms. The lowest BCUT2D eigenvalue weighted by Gasteiger charge is -2.00. The van der Waals surface area contributed by atoms with Crippen LogP contribution in [-0.4, -0.2) is 40.1 Å². The number of methoxy groups -OCH3 is 1. The number of furan rings is 1. The maximum absolute atomic E-state index is 11.1. The molecule has 17 heavy (non-hydrogen) atoms. The molecule has 0 aliphatic rings. The number of sulfone groups is 1. The van der Waals surface area contributed by atoms with Gasteiger partial charge in [-0.3, -0.25) is 0 Å². The Balaban J connectivity index is 2.38. The first-order valence-electron chi connectivity index (χ1n) is 4.96. The summed E-state index contributed by atoms with van der Waals surface area (Å²) in [7, 11) is -1.67. The van der Waals surface area contributed by atoms with Gasteiger partial charge in [-0.1, -0.05) is 0 Å². The van der Waals surface area contributed by atoms with Crippen LogP contribution in [0.1, 0.15) is 16.1 Å². The van der Waals surface area contributed by atoms with E-state index in [4.69, 9.17) is 4.42 Å². The van der Waals surface area contributed by atoms with Crippen molar-refractivity contribution in [2.45, 2.75) is 6.54 Å². The third-order valence-electron chi connectivity index (χ3n) is 2.02. The molecule has 0 amide bonds. The van der Waals surface area contributed by atoms with Gasteiger partial charge in [0.25, 0.3) is 0 Å². The van der Waals surface area contributed by atoms with E-state index in [2.05, 4.69) is 10.1 Å². The van der Waals surface area contributed by atoms with Gasteiger partial charge in [-0.05, 0) is 6.07 Å². The highest BCUT2D eigenvalue weighted by Crippen LogP contribution is 2.08. The van der Waals surface area contributed by atoms with E-state index < -0.39 is 15.8 Å². The van der Waals surface area contributed by atoms with Crippen LogP contribution >= 0.6 is 0 Å². The molecule has 0 aliphatic carbocycles. The number of carbonyl (C=O) groups excluding carboxylic acids is 1. The van der Waals surface area contributed by atoms with Crippen molar-refractivity contribution in [3.05, 3.63) is 23.7 Å². The normalized spacial score (nSPS) is 11.4. The Bertz CT molecular complexity index is 477. The van der Waals surface area contributed by atoms with E-state index >= 15 is 0 Å². The quantitative estimate of drug-likeness (QED) is 0.581. The van der Waals surface area contributed by atoms with E-state index in [-0.39, 0.29) is 5.75 Å². The minimum absolute atomic E-state index is 0.0670. The average molecular weight is 261 g/mol. The van der Waals surface area contributed by atoms with Crippen molar-refractivity contribution in [3.63, 3.8) is 0 Å². The first-order chi connectivity index (χ1) is 7.92. The lowest BCUT2D eigenvalue weighted by molar-refractivity contribution is 0.0600. The summed E-state index contributed by atoms with van der Waals surface area (Å²) < 4.78 is 31.3. The highest BCUT2D eigenvalue weighted by molar-refractivity contribution is 7.90. The molecular formula is C10H15NO5S. The van der Waals surface area contributed by atoms with Gasteiger partial charge in [-0.25, -0.2) is 13.2 Å². The molecule has 96 valence electrons. The van der Waals surface area contributed by atoms with Gasteiger partial charge >= 0.3 is 5.97 Å². The van der Waals surface area contributed by atoms with Crippen LogP contribution in [-0.2, 0) is 21.1 Å². The molecule has 1 heterocycles. The van der Waals surface area contributed by atoms with Crippen molar-refractivity contribution in [2.75, 3.05) is 25.7 Å². The summed E-state index contributed by atoms with van der Waals surface area (Å²) in [6.07, 6.45) is 2.48. The topological polar surface area (TPSA) is 85.6 Å². The van der Waals surface area contributed by atoms with Crippen LogP contribution in [0.15, 0.2) is 16.7 Å². The van der Waals surface area contributed by atoms with Crippen LogP contribution in [0.3, 0.4) is 0 Å². The second-order valence-electron chi connectivity index (χ2n) is 3.60. The zero-order valence-corrected chi connectivity index (χ0v) is 10.5. The van der Waals surface area contributed by atoms with Crippen molar-refractivity contribution in [1.29, 1.82) is 0 Å². The van der Waals surface area contributed by atoms with Gasteiger partial charge in [-0.2, -0.15) is 0 Å². The molecule has 1 aromatic heterocycles. The van der Waals surface area contributed by atoms with Crippen LogP contribution in [0.2, 0.25) is 0 Å². The first-order valence-corrected chi connectivity index (χ1v) is 7.02. The summed E-state index contributed by atoms with van der Waals surface area (Å²) in [4.78, 5) is 11.1. The van der Waals surface area contributed by atoms with Gasteiger partial charge in [-0.15, -0.1) is 0 Å². The molecule has 1 rings (SSSR count). The Hall–Kier alpha value is -1.34. The summed E-state index contributed by atoms with van der Waals surface area (Å²) in [5, 5.41) is 2.90. The van der Waals surface area contributed by atoms with Gasteiger partial charge < -0.3 is 14.5 Å². The first kappa shape index (κ1) is 13.7. The van der Waals surface area contributed by atoms with E-state index in [0.717, 1.165) is 0 Å². The zero-order valence-electron chi connectivity index (χ0n) is 9.73. The van der Waals surface area contributed by atoms with E-state index in [0.29, 0.717) is 24.4 Å². The average Bonchev–Trinajstić information content (AvgIpc) is 2.70. The molecule has 0 spiro atoms. The largest absolute Gasteiger partial charge is 0.467 e. The number of rotatable bonds is 6. The van der Waals surface area contributed by atoms with Gasteiger partial charge in [0.05, 0.1) is 25.0 Å². The smallest absolute Gasteiger partial charge is 0.341 e. The van der Waals surface area contributed by atoms with E-state index in [1.54, 1.807) is 6.07 Å². The Kier molecular flexibility index (Phi) is 4.71. The fourth-order valence-corrected chi connectivity index (χ4v) is 1.68. The molecule has 6 nitrogen and oxygen atoms in total. The van der Waals surface area contributed by atoms with Crippen molar-refractivity contribution < 1.29 is 22.4 Å². The van der Waals surface area contributed by atoms with Crippen molar-refractivity contribution in [3.8, 4) is 0 Å². The summed E-state index contributed by atoms with van der Waals surface area (Å²) in [6.45, 7) is 0.708. The number of esters is 1. The molecule has 0 bridgehead atoms. The molecule has 0 unspecified atom stereocenters. The maximum atomic E-state index is 11.1. The molecule has 1 N–H and O–H groups in total. The SMILES string of the molecule is COC(=O)c1coc(CNCCS(C)(=O)=O)c1. The highest BCUT2D eigenvalue weighted by Gasteiger charge is 2.09. The summed E-state index contributed by atoms with van der Waals surface area (Å²) in [5.74, 6) is 0.160. The third kappa shape index (κ3) is 5.01. The van der Waals surface area contributed by atoms with Gasteiger partial charge in [0, 0.05) is 12.8 Å². The third-order valence-corrected chi connectivity index (χ3v) is 2.97. The Morgan fingerprint density at radius 3 is 2.82 bits per heavy atom. The van der Waals surface area contributed by atoms with Crippen LogP contribution in [0.25, 0.3) is 0 Å². The van der Waals surface area contributed by atoms with Gasteiger partial charge in [0.1, 0.15) is 21.9 Å². The summed E-state index contributed by atoms with van der Waals surface area (Å²) in [6, 6.07) is 1.55. The number of hydrogen-bond acceptors (Lipinski definition) is 6. The van der Waals surface area contributed by atoms with E-state index in [1.807, 2.05) is 0 Å². The predicted octanol–water partition coefficient (Wildman–Crippen LogP) is 0.200. The van der Waals surface area contributed by atoms with Crippen LogP contribution in [0.4, 0.5) is 0 Å². The minimum Gasteiger partial charge on any atom is -0.467 e. The minimum atomic E-state index is -2.96. The lowest BCUT2D eigenvalue weighted by Crippen LogP contribution is -2.21. The molecule has 0 saturated heterocycles. The molecule has 0 aromatic carbocycles. The molecule has 0 saturated carbocycles. The highest BCUT2D eigenvalue weighted by atomic mass is 32.2. The predicted molar refractivity (Wildman–Crippen MR) is 61.5 cm³/mol. The fourth-order valence-electron chi connectivity index (χ4n) is 1.17. The molecule has 0 atom stereocenters. The van der Waals surface area contributed by atoms with Crippen molar-refractivity contribution in [1.82, 2.24) is 5.32 Å². The molecule has 0 aliphatic heterocycles. The van der Waals surface area contributed by atoms with Gasteiger partial charge in [0.15, 0.2) is 0 Å². The molecule has 0 fully saturated rings. The van der Waals surface area contributed by atoms with Crippen LogP contribution in [0.5, 0.6) is 0 Å². The van der Waals surface area contributed by atoms with Crippen LogP contribution < -0.4 is 5.32 Å². The Labute approximate surface area is 99.9 Å². The maximum Gasteiger partial charge on any atom is 0.341 e. The van der Waals surface area contributed by atoms with E-state index in [9.17, 15) is 13.2 Å². The number of nitrogens with one attached hydrogen (secondary N) is 1. The zero-order chi connectivity index (χ0) is 12.9. The molecule has 1 aromatic rings. The summed E-state index contributed by atoms with van der Waals surface area (Å²) in [5.41, 5.74) is 0.340. The van der Waals surface area contributed by atoms with Gasteiger partial charge in [0.2, 0.25) is 0 Å². The van der Waals surface area contributed by atoms with Crippen LogP contribution in [0, 0.1) is 0 Å². The second-order valence-corrected chi connectivity index (χ2v) is 5.86. The Morgan fingerprint density at radius 2 is 2.24 bits per heavy atom. The number of hydrogen-bond donors (Lipinski definition) is 1. The van der Waals surface area contributed by atoms with E-state index in [1.165, 1.54) is 19.6 Å². The fraction of sp³-hybridized carbons (Fsp3) is 0.500. The van der Waals surface area contributed by atoms with Crippen molar-refractivity contribution in [2.24, 2.45) is 0 Å². The standard InChI is InChI=1S/C10H15NO5S/c1-15-10(12)8-5-9(16-7-8)6-11-3-4-17(2,13)14/h5,7,11H,3-4,6H2,1-2H3. The number of carbonyl (C=O) groups is 1. The summed E-state index contributed by atoms with van der Waals surface area (Å²) >= 11 is 0. The molecular weight excluding hydrogens is 246 g/mol. The van der Waals surface area contributed by atoms with Crippen molar-refractivity contribution >= 4 is 15.8 Å².